The van der Waals surface area contributed by atoms with Gasteiger partial charge >= 0.3 is 5.97 Å². The van der Waals surface area contributed by atoms with Gasteiger partial charge in [-0.3, -0.25) is 9.79 Å². The number of carboxylic acid groups (broad SMARTS) is 1. The maximum absolute atomic E-state index is 10.1. The third-order valence-corrected chi connectivity index (χ3v) is 2.00. The highest BCUT2D eigenvalue weighted by molar-refractivity contribution is 7.98. The lowest BCUT2D eigenvalue weighted by Crippen LogP contribution is -2.13. The van der Waals surface area contributed by atoms with Crippen molar-refractivity contribution in [1.29, 1.82) is 0 Å². The van der Waals surface area contributed by atoms with Gasteiger partial charge in [-0.15, -0.1) is 0 Å². The normalized spacial score (nSPS) is 16.2. The van der Waals surface area contributed by atoms with Crippen LogP contribution in [-0.4, -0.2) is 40.6 Å². The van der Waals surface area contributed by atoms with Crippen molar-refractivity contribution < 1.29 is 9.90 Å². The first-order chi connectivity index (χ1) is 4.79. The summed E-state index contributed by atoms with van der Waals surface area (Å²) in [5.74, 6) is -0.670. The van der Waals surface area contributed by atoms with Gasteiger partial charge in [-0.1, -0.05) is 0 Å². The highest BCUT2D eigenvalue weighted by Gasteiger charge is 2.07. The molecular formula is C5H8N2O2S. The van der Waals surface area contributed by atoms with Gasteiger partial charge in [0.25, 0.3) is 0 Å². The van der Waals surface area contributed by atoms with Crippen LogP contribution in [0.25, 0.3) is 0 Å². The lowest BCUT2D eigenvalue weighted by atomic mass is 10.7. The molecule has 1 aliphatic rings. The minimum Gasteiger partial charge on any atom is -0.481 e. The van der Waals surface area contributed by atoms with Crippen molar-refractivity contribution in [3.05, 3.63) is 0 Å². The van der Waals surface area contributed by atoms with Crippen molar-refractivity contribution in [3.8, 4) is 0 Å². The van der Waals surface area contributed by atoms with Crippen LogP contribution in [0.4, 0.5) is 0 Å². The second-order valence-corrected chi connectivity index (χ2v) is 2.85. The number of aliphatic carboxylic acids is 1. The van der Waals surface area contributed by atoms with Gasteiger partial charge in [0.15, 0.2) is 0 Å². The molecule has 1 heterocycles. The summed E-state index contributed by atoms with van der Waals surface area (Å²) in [4.78, 5) is 14.0. The van der Waals surface area contributed by atoms with E-state index in [1.807, 2.05) is 4.31 Å². The van der Waals surface area contributed by atoms with Crippen LogP contribution >= 0.6 is 11.9 Å². The lowest BCUT2D eigenvalue weighted by molar-refractivity contribution is -0.133. The van der Waals surface area contributed by atoms with Crippen LogP contribution in [-0.2, 0) is 4.79 Å². The zero-order valence-electron chi connectivity index (χ0n) is 5.36. The molecular weight excluding hydrogens is 152 g/mol. The molecule has 1 rings (SSSR count). The summed E-state index contributed by atoms with van der Waals surface area (Å²) in [6.07, 6.45) is 1.67. The first-order valence-electron chi connectivity index (χ1n) is 2.90. The quantitative estimate of drug-likeness (QED) is 0.593. The van der Waals surface area contributed by atoms with Crippen molar-refractivity contribution in [2.75, 3.05) is 18.8 Å². The molecule has 1 aliphatic heterocycles. The molecule has 4 nitrogen and oxygen atoms in total. The van der Waals surface area contributed by atoms with Crippen LogP contribution in [0.3, 0.4) is 0 Å². The number of carbonyl (C=O) groups is 1. The molecule has 0 spiro atoms. The monoisotopic (exact) mass is 160 g/mol. The van der Waals surface area contributed by atoms with Gasteiger partial charge < -0.3 is 9.41 Å². The van der Waals surface area contributed by atoms with E-state index in [0.29, 0.717) is 0 Å². The fourth-order valence-electron chi connectivity index (χ4n) is 0.599. The number of nitrogens with zero attached hydrogens (tertiary/aromatic N) is 2. The smallest absolute Gasteiger partial charge is 0.315 e. The van der Waals surface area contributed by atoms with E-state index in [-0.39, 0.29) is 5.75 Å². The van der Waals surface area contributed by atoms with Gasteiger partial charge in [-0.2, -0.15) is 0 Å². The molecule has 0 saturated carbocycles. The van der Waals surface area contributed by atoms with Gasteiger partial charge in [-0.25, -0.2) is 0 Å². The summed E-state index contributed by atoms with van der Waals surface area (Å²) in [6, 6.07) is 0. The Morgan fingerprint density at radius 3 is 3.20 bits per heavy atom. The van der Waals surface area contributed by atoms with Crippen LogP contribution in [0, 0.1) is 0 Å². The molecule has 0 aliphatic carbocycles. The van der Waals surface area contributed by atoms with E-state index in [4.69, 9.17) is 5.11 Å². The largest absolute Gasteiger partial charge is 0.481 e. The highest BCUT2D eigenvalue weighted by Crippen LogP contribution is 2.09. The summed E-state index contributed by atoms with van der Waals surface area (Å²) < 4.78 is 1.83. The summed E-state index contributed by atoms with van der Waals surface area (Å²) in [7, 11) is 0. The molecule has 0 saturated heterocycles. The fraction of sp³-hybridized carbons (Fsp3) is 0.600. The third-order valence-electron chi connectivity index (χ3n) is 1.01. The van der Waals surface area contributed by atoms with Gasteiger partial charge in [0.2, 0.25) is 0 Å². The van der Waals surface area contributed by atoms with Crippen LogP contribution in [0.1, 0.15) is 0 Å². The molecule has 0 bridgehead atoms. The number of hydrogen-bond acceptors (Lipinski definition) is 4. The van der Waals surface area contributed by atoms with Gasteiger partial charge in [0.05, 0.1) is 19.4 Å². The van der Waals surface area contributed by atoms with Crippen molar-refractivity contribution in [2.24, 2.45) is 4.99 Å². The lowest BCUT2D eigenvalue weighted by Gasteiger charge is -2.08. The number of hydrogen-bond donors (Lipinski definition) is 1. The van der Waals surface area contributed by atoms with Crippen LogP contribution < -0.4 is 0 Å². The SMILES string of the molecule is O=C(O)CSN1C=NCC1. The standard InChI is InChI=1S/C5H8N2O2S/c8-5(9)3-10-7-2-1-6-4-7/h4H,1-3H2,(H,8,9). The molecule has 0 radical (unpaired) electrons. The molecule has 0 unspecified atom stereocenters. The zero-order chi connectivity index (χ0) is 7.40. The molecule has 0 aromatic heterocycles. The molecule has 0 aromatic carbocycles. The molecule has 0 aromatic rings. The number of aliphatic imine (C=N–C) groups is 1. The Balaban J connectivity index is 2.13. The van der Waals surface area contributed by atoms with E-state index in [0.717, 1.165) is 13.1 Å². The Labute approximate surface area is 63.1 Å². The molecule has 5 heteroatoms. The second-order valence-electron chi connectivity index (χ2n) is 1.83. The highest BCUT2D eigenvalue weighted by atomic mass is 32.2. The average Bonchev–Trinajstić information content (AvgIpc) is 2.34. The molecule has 0 fully saturated rings. The summed E-state index contributed by atoms with van der Waals surface area (Å²) in [5, 5.41) is 8.28. The summed E-state index contributed by atoms with van der Waals surface area (Å²) in [5.41, 5.74) is 0. The molecule has 0 amide bonds. The number of carboxylic acids is 1. The van der Waals surface area contributed by atoms with E-state index in [2.05, 4.69) is 4.99 Å². The maximum atomic E-state index is 10.1. The van der Waals surface area contributed by atoms with E-state index >= 15 is 0 Å². The van der Waals surface area contributed by atoms with E-state index in [1.165, 1.54) is 11.9 Å². The maximum Gasteiger partial charge on any atom is 0.315 e. The Kier molecular flexibility index (Phi) is 2.56. The van der Waals surface area contributed by atoms with E-state index < -0.39 is 5.97 Å². The van der Waals surface area contributed by atoms with Crippen LogP contribution in [0.5, 0.6) is 0 Å². The van der Waals surface area contributed by atoms with Gasteiger partial charge in [-0.05, 0) is 11.9 Å². The Morgan fingerprint density at radius 1 is 1.90 bits per heavy atom. The molecule has 56 valence electrons. The van der Waals surface area contributed by atoms with Gasteiger partial charge in [0.1, 0.15) is 5.75 Å². The Morgan fingerprint density at radius 2 is 2.70 bits per heavy atom. The number of rotatable bonds is 3. The topological polar surface area (TPSA) is 52.9 Å². The van der Waals surface area contributed by atoms with Crippen LogP contribution in [0.2, 0.25) is 0 Å². The first kappa shape index (κ1) is 7.40. The van der Waals surface area contributed by atoms with Crippen molar-refractivity contribution in [1.82, 2.24) is 4.31 Å². The molecule has 0 atom stereocenters. The fourth-order valence-corrected chi connectivity index (χ4v) is 1.22. The summed E-state index contributed by atoms with van der Waals surface area (Å²) >= 11 is 1.28. The van der Waals surface area contributed by atoms with Crippen molar-refractivity contribution in [3.63, 3.8) is 0 Å². The third kappa shape index (κ3) is 2.26. The minimum absolute atomic E-state index is 0.117. The first-order valence-corrected chi connectivity index (χ1v) is 3.84. The minimum atomic E-state index is -0.787. The van der Waals surface area contributed by atoms with Crippen molar-refractivity contribution >= 4 is 24.3 Å². The van der Waals surface area contributed by atoms with E-state index in [1.54, 1.807) is 6.34 Å². The molecule has 10 heavy (non-hydrogen) atoms. The zero-order valence-corrected chi connectivity index (χ0v) is 6.17. The Hall–Kier alpha value is -0.710. The van der Waals surface area contributed by atoms with E-state index in [9.17, 15) is 4.79 Å². The predicted octanol–water partition coefficient (Wildman–Crippen LogP) is 0.0631. The second kappa shape index (κ2) is 3.46. The van der Waals surface area contributed by atoms with Gasteiger partial charge in [0, 0.05) is 0 Å². The van der Waals surface area contributed by atoms with Crippen molar-refractivity contribution in [2.45, 2.75) is 0 Å². The van der Waals surface area contributed by atoms with Crippen LogP contribution in [0.15, 0.2) is 4.99 Å². The molecule has 1 N–H and O–H groups in total. The summed E-state index contributed by atoms with van der Waals surface area (Å²) in [6.45, 7) is 1.62. The Bertz CT molecular complexity index is 160. The predicted molar refractivity (Wildman–Crippen MR) is 40.2 cm³/mol. The average molecular weight is 160 g/mol.